The summed E-state index contributed by atoms with van der Waals surface area (Å²) in [7, 11) is -3.78. The van der Waals surface area contributed by atoms with Crippen LogP contribution >= 0.6 is 0 Å². The first-order valence-electron chi connectivity index (χ1n) is 14.4. The fraction of sp³-hybridized carbons (Fsp3) is 0.300. The molecule has 0 bridgehead atoms. The second-order valence-corrected chi connectivity index (χ2v) is 13.1. The minimum absolute atomic E-state index is 0.00825. The normalized spacial score (nSPS) is 16.7. The van der Waals surface area contributed by atoms with Crippen LogP contribution in [-0.2, 0) is 21.1 Å². The Labute approximate surface area is 259 Å². The summed E-state index contributed by atoms with van der Waals surface area (Å²) >= 11 is 0. The standard InChI is InChI=1S/C30H32N10O4S/c1-17-9-11-21(39(17)29(42)27-36-30(38-37-27)34-18(2)41)12-14-24-25(45(3,43)44)26(31)40-28(35-24)22(16-33-40)20-10-13-23(32-15-20)19-7-5-4-6-8-19/h4-8,10,13,15-17,21H,9,11-12,14,31H2,1-3H3,(H2,34,36,37,38,41)/t17-,21?/m1/s1. The number of hydrogen-bond donors (Lipinski definition) is 3. The van der Waals surface area contributed by atoms with Gasteiger partial charge in [0, 0.05) is 48.2 Å². The number of nitrogens with two attached hydrogens (primary N) is 1. The Morgan fingerprint density at radius 3 is 2.53 bits per heavy atom. The van der Waals surface area contributed by atoms with Crippen molar-refractivity contribution in [3.05, 3.63) is 66.4 Å². The number of benzene rings is 1. The van der Waals surface area contributed by atoms with Gasteiger partial charge in [0.25, 0.3) is 5.91 Å². The predicted molar refractivity (Wildman–Crippen MR) is 167 cm³/mol. The molecule has 0 radical (unpaired) electrons. The van der Waals surface area contributed by atoms with Crippen LogP contribution in [0.5, 0.6) is 0 Å². The van der Waals surface area contributed by atoms with Gasteiger partial charge >= 0.3 is 0 Å². The Morgan fingerprint density at radius 2 is 1.84 bits per heavy atom. The summed E-state index contributed by atoms with van der Waals surface area (Å²) in [4.78, 5) is 38.6. The molecular weight excluding hydrogens is 596 g/mol. The maximum atomic E-state index is 13.4. The van der Waals surface area contributed by atoms with Gasteiger partial charge in [-0.25, -0.2) is 13.4 Å². The molecule has 14 nitrogen and oxygen atoms in total. The third kappa shape index (κ3) is 5.85. The number of anilines is 2. The maximum Gasteiger partial charge on any atom is 0.292 e. The van der Waals surface area contributed by atoms with Gasteiger partial charge in [-0.2, -0.15) is 9.61 Å². The first-order chi connectivity index (χ1) is 21.5. The van der Waals surface area contributed by atoms with Crippen molar-refractivity contribution in [3.8, 4) is 22.4 Å². The van der Waals surface area contributed by atoms with E-state index in [0.29, 0.717) is 29.7 Å². The Hall–Kier alpha value is -5.18. The van der Waals surface area contributed by atoms with Gasteiger partial charge in [-0.3, -0.25) is 19.9 Å². The molecule has 232 valence electrons. The molecule has 1 aliphatic rings. The summed E-state index contributed by atoms with van der Waals surface area (Å²) in [5.74, 6) is -0.636. The summed E-state index contributed by atoms with van der Waals surface area (Å²) in [5.41, 5.74) is 10.4. The zero-order valence-electron chi connectivity index (χ0n) is 24.9. The molecule has 45 heavy (non-hydrogen) atoms. The number of fused-ring (bicyclic) bond motifs is 1. The van der Waals surface area contributed by atoms with Crippen LogP contribution in [0, 0.1) is 0 Å². The van der Waals surface area contributed by atoms with Gasteiger partial charge in [-0.1, -0.05) is 36.4 Å². The molecule has 4 aromatic heterocycles. The van der Waals surface area contributed by atoms with Crippen LogP contribution in [0.15, 0.2) is 59.8 Å². The van der Waals surface area contributed by atoms with Gasteiger partial charge in [-0.15, -0.1) is 10.2 Å². The van der Waals surface area contributed by atoms with Crippen molar-refractivity contribution in [2.75, 3.05) is 17.3 Å². The number of hydrogen-bond acceptors (Lipinski definition) is 10. The highest BCUT2D eigenvalue weighted by molar-refractivity contribution is 7.91. The minimum atomic E-state index is -3.78. The second kappa shape index (κ2) is 11.7. The third-order valence-corrected chi connectivity index (χ3v) is 9.13. The number of nitrogens with one attached hydrogen (secondary N) is 2. The van der Waals surface area contributed by atoms with Crippen molar-refractivity contribution in [3.63, 3.8) is 0 Å². The van der Waals surface area contributed by atoms with Gasteiger partial charge in [0.2, 0.25) is 17.7 Å². The molecule has 0 aliphatic carbocycles. The van der Waals surface area contributed by atoms with E-state index in [1.807, 2.05) is 49.4 Å². The number of carbonyl (C=O) groups excluding carboxylic acids is 2. The minimum Gasteiger partial charge on any atom is -0.382 e. The van der Waals surface area contributed by atoms with E-state index in [4.69, 9.17) is 10.7 Å². The van der Waals surface area contributed by atoms with Gasteiger partial charge in [0.15, 0.2) is 15.5 Å². The van der Waals surface area contributed by atoms with E-state index in [-0.39, 0.29) is 52.8 Å². The largest absolute Gasteiger partial charge is 0.382 e. The Bertz CT molecular complexity index is 2010. The van der Waals surface area contributed by atoms with E-state index >= 15 is 0 Å². The molecule has 1 fully saturated rings. The highest BCUT2D eigenvalue weighted by Crippen LogP contribution is 2.33. The lowest BCUT2D eigenvalue weighted by Crippen LogP contribution is -2.40. The molecule has 2 amide bonds. The van der Waals surface area contributed by atoms with Crippen molar-refractivity contribution >= 4 is 39.1 Å². The SMILES string of the molecule is CC(=O)Nc1nnc(C(=O)N2C(CCc3nc4c(-c5ccc(-c6ccccc6)nc5)cnn4c(N)c3S(C)(=O)=O)CC[C@H]2C)[nH]1. The molecule has 5 heterocycles. The fourth-order valence-electron chi connectivity index (χ4n) is 5.89. The average molecular weight is 629 g/mol. The first kappa shape index (κ1) is 29.9. The van der Waals surface area contributed by atoms with Crippen molar-refractivity contribution in [2.24, 2.45) is 0 Å². The molecule has 0 saturated carbocycles. The van der Waals surface area contributed by atoms with Crippen LogP contribution in [0.2, 0.25) is 0 Å². The van der Waals surface area contributed by atoms with Gasteiger partial charge in [0.05, 0.1) is 17.6 Å². The predicted octanol–water partition coefficient (Wildman–Crippen LogP) is 3.15. The fourth-order valence-corrected chi connectivity index (χ4v) is 6.93. The Morgan fingerprint density at radius 1 is 1.07 bits per heavy atom. The van der Waals surface area contributed by atoms with Crippen LogP contribution in [0.25, 0.3) is 28.0 Å². The molecule has 4 N–H and O–H groups in total. The van der Waals surface area contributed by atoms with Gasteiger partial charge in [0.1, 0.15) is 10.7 Å². The summed E-state index contributed by atoms with van der Waals surface area (Å²) < 4.78 is 27.3. The smallest absolute Gasteiger partial charge is 0.292 e. The molecular formula is C30H32N10O4S. The van der Waals surface area contributed by atoms with Crippen LogP contribution in [-0.4, -0.2) is 78.2 Å². The van der Waals surface area contributed by atoms with Crippen LogP contribution in [0.1, 0.15) is 49.4 Å². The number of aryl methyl sites for hydroxylation is 1. The number of aromatic nitrogens is 7. The third-order valence-electron chi connectivity index (χ3n) is 7.94. The maximum absolute atomic E-state index is 13.4. The molecule has 6 rings (SSSR count). The second-order valence-electron chi connectivity index (χ2n) is 11.2. The van der Waals surface area contributed by atoms with E-state index in [1.54, 1.807) is 17.3 Å². The summed E-state index contributed by atoms with van der Waals surface area (Å²) in [6.07, 6.45) is 6.57. The Balaban J connectivity index is 1.31. The van der Waals surface area contributed by atoms with E-state index in [2.05, 4.69) is 30.6 Å². The number of carbonyl (C=O) groups is 2. The highest BCUT2D eigenvalue weighted by Gasteiger charge is 2.36. The summed E-state index contributed by atoms with van der Waals surface area (Å²) in [6, 6.07) is 13.3. The van der Waals surface area contributed by atoms with Crippen molar-refractivity contribution in [1.29, 1.82) is 0 Å². The molecule has 5 aromatic rings. The average Bonchev–Trinajstić information content (AvgIpc) is 3.74. The molecule has 0 spiro atoms. The van der Waals surface area contributed by atoms with Crippen molar-refractivity contribution in [2.45, 2.75) is 56.5 Å². The van der Waals surface area contributed by atoms with Crippen LogP contribution < -0.4 is 11.1 Å². The molecule has 2 atom stereocenters. The van der Waals surface area contributed by atoms with E-state index < -0.39 is 9.84 Å². The van der Waals surface area contributed by atoms with Gasteiger partial charge < -0.3 is 15.6 Å². The highest BCUT2D eigenvalue weighted by atomic mass is 32.2. The monoisotopic (exact) mass is 628 g/mol. The molecule has 1 unspecified atom stereocenters. The number of nitrogens with zero attached hydrogens (tertiary/aromatic N) is 7. The van der Waals surface area contributed by atoms with E-state index in [0.717, 1.165) is 29.5 Å². The zero-order chi connectivity index (χ0) is 31.9. The zero-order valence-corrected chi connectivity index (χ0v) is 25.7. The number of pyridine rings is 1. The lowest BCUT2D eigenvalue weighted by molar-refractivity contribution is -0.114. The lowest BCUT2D eigenvalue weighted by atomic mass is 10.1. The first-order valence-corrected chi connectivity index (χ1v) is 16.3. The summed E-state index contributed by atoms with van der Waals surface area (Å²) in [5, 5.41) is 14.6. The van der Waals surface area contributed by atoms with Crippen LogP contribution in [0.4, 0.5) is 11.8 Å². The number of sulfone groups is 1. The topological polar surface area (TPSA) is 194 Å². The number of likely N-dealkylation sites (tertiary alicyclic amines) is 1. The number of nitrogen functional groups attached to an aromatic ring is 1. The number of aromatic amines is 1. The lowest BCUT2D eigenvalue weighted by Gasteiger charge is -2.28. The Kier molecular flexibility index (Phi) is 7.78. The van der Waals surface area contributed by atoms with Crippen molar-refractivity contribution in [1.82, 2.24) is 39.7 Å². The summed E-state index contributed by atoms with van der Waals surface area (Å²) in [6.45, 7) is 3.28. The number of H-pyrrole nitrogens is 1. The molecule has 15 heteroatoms. The quantitative estimate of drug-likeness (QED) is 0.230. The number of rotatable bonds is 8. The van der Waals surface area contributed by atoms with E-state index in [9.17, 15) is 18.0 Å². The van der Waals surface area contributed by atoms with Crippen molar-refractivity contribution < 1.29 is 18.0 Å². The number of amides is 2. The van der Waals surface area contributed by atoms with Crippen LogP contribution in [0.3, 0.4) is 0 Å². The molecule has 1 aromatic carbocycles. The van der Waals surface area contributed by atoms with Gasteiger partial charge in [-0.05, 0) is 38.7 Å². The molecule has 1 saturated heterocycles. The molecule has 1 aliphatic heterocycles. The van der Waals surface area contributed by atoms with E-state index in [1.165, 1.54) is 11.4 Å².